The second-order valence-electron chi connectivity index (χ2n) is 5.26. The Bertz CT molecular complexity index is 498. The zero-order chi connectivity index (χ0) is 15.6. The lowest BCUT2D eigenvalue weighted by Gasteiger charge is -2.16. The van der Waals surface area contributed by atoms with Crippen LogP contribution in [0, 0.1) is 0 Å². The number of amides is 1. The third-order valence-electron chi connectivity index (χ3n) is 3.38. The number of rotatable bonds is 5. The van der Waals surface area contributed by atoms with E-state index in [9.17, 15) is 18.0 Å². The number of hydrogen-bond donors (Lipinski definition) is 2. The van der Waals surface area contributed by atoms with Gasteiger partial charge >= 0.3 is 6.18 Å². The van der Waals surface area contributed by atoms with Crippen LogP contribution in [-0.2, 0) is 4.79 Å². The third kappa shape index (κ3) is 4.44. The van der Waals surface area contributed by atoms with Crippen molar-refractivity contribution in [3.05, 3.63) is 29.8 Å². The van der Waals surface area contributed by atoms with Gasteiger partial charge in [0.25, 0.3) is 0 Å². The summed E-state index contributed by atoms with van der Waals surface area (Å²) in [4.78, 5) is 13.7. The first kappa shape index (κ1) is 15.8. The van der Waals surface area contributed by atoms with Gasteiger partial charge in [0.15, 0.2) is 6.10 Å². The molecule has 1 atom stereocenters. The molecule has 0 saturated heterocycles. The zero-order valence-electron chi connectivity index (χ0n) is 11.5. The quantitative estimate of drug-likeness (QED) is 0.877. The summed E-state index contributed by atoms with van der Waals surface area (Å²) in [7, 11) is 1.86. The molecule has 0 aromatic heterocycles. The number of likely N-dealkylation sites (N-methyl/N-ethyl adjacent to an activating group) is 1. The molecule has 2 N–H and O–H groups in total. The predicted octanol–water partition coefficient (Wildman–Crippen LogP) is 2.32. The molecule has 1 unspecified atom stereocenters. The van der Waals surface area contributed by atoms with Crippen LogP contribution >= 0.6 is 0 Å². The second-order valence-corrected chi connectivity index (χ2v) is 5.26. The number of carbonyl (C=O) groups excluding carboxylic acids is 1. The van der Waals surface area contributed by atoms with Crippen molar-refractivity contribution in [2.24, 2.45) is 0 Å². The lowest BCUT2D eigenvalue weighted by Crippen LogP contribution is -2.31. The number of aliphatic hydroxyl groups excluding tert-OH is 1. The highest BCUT2D eigenvalue weighted by atomic mass is 19.4. The summed E-state index contributed by atoms with van der Waals surface area (Å²) in [6, 6.07) is 5.45. The largest absolute Gasteiger partial charge is 0.418 e. The van der Waals surface area contributed by atoms with Gasteiger partial charge < -0.3 is 10.4 Å². The number of carbonyl (C=O) groups is 1. The van der Waals surface area contributed by atoms with Crippen LogP contribution in [0.5, 0.6) is 0 Å². The lowest BCUT2D eigenvalue weighted by molar-refractivity contribution is -0.206. The summed E-state index contributed by atoms with van der Waals surface area (Å²) in [5.41, 5.74) is 0.151. The van der Waals surface area contributed by atoms with Crippen LogP contribution in [0.15, 0.2) is 24.3 Å². The molecule has 1 aromatic carbocycles. The Morgan fingerprint density at radius 1 is 1.38 bits per heavy atom. The van der Waals surface area contributed by atoms with Gasteiger partial charge in [-0.15, -0.1) is 0 Å². The van der Waals surface area contributed by atoms with Gasteiger partial charge in [0.2, 0.25) is 5.91 Å². The van der Waals surface area contributed by atoms with E-state index in [1.807, 2.05) is 11.9 Å². The smallest absolute Gasteiger partial charge is 0.379 e. The molecule has 1 aliphatic carbocycles. The van der Waals surface area contributed by atoms with Gasteiger partial charge in [0.1, 0.15) is 0 Å². The van der Waals surface area contributed by atoms with E-state index >= 15 is 0 Å². The summed E-state index contributed by atoms with van der Waals surface area (Å²) in [5.74, 6) is -0.214. The Morgan fingerprint density at radius 2 is 1.95 bits per heavy atom. The van der Waals surface area contributed by atoms with Crippen molar-refractivity contribution >= 4 is 11.6 Å². The summed E-state index contributed by atoms with van der Waals surface area (Å²) in [6.45, 7) is 0.248. The fourth-order valence-corrected chi connectivity index (χ4v) is 2.01. The fraction of sp³-hybridized carbons (Fsp3) is 0.500. The number of halogens is 3. The summed E-state index contributed by atoms with van der Waals surface area (Å²) >= 11 is 0. The molecule has 0 bridgehead atoms. The van der Waals surface area contributed by atoms with Crippen LogP contribution in [0.25, 0.3) is 0 Å². The van der Waals surface area contributed by atoms with Crippen LogP contribution in [0.3, 0.4) is 0 Å². The first-order chi connectivity index (χ1) is 9.77. The van der Waals surface area contributed by atoms with E-state index in [2.05, 4.69) is 5.32 Å². The number of nitrogens with one attached hydrogen (secondary N) is 1. The molecule has 0 heterocycles. The number of benzene rings is 1. The van der Waals surface area contributed by atoms with Gasteiger partial charge in [-0.1, -0.05) is 12.1 Å². The van der Waals surface area contributed by atoms with Gasteiger partial charge in [0.05, 0.1) is 6.54 Å². The van der Waals surface area contributed by atoms with Crippen LogP contribution in [0.1, 0.15) is 24.5 Å². The molecule has 116 valence electrons. The highest BCUT2D eigenvalue weighted by Gasteiger charge is 2.39. The Balaban J connectivity index is 1.91. The standard InChI is InChI=1S/C14H17F3N2O2/c1-19(11-6-7-11)8-12(20)18-10-4-2-9(3-5-10)13(21)14(15,16)17/h2-5,11,13,21H,6-8H2,1H3,(H,18,20). The van der Waals surface area contributed by atoms with Crippen molar-refractivity contribution in [1.29, 1.82) is 0 Å². The lowest BCUT2D eigenvalue weighted by atomic mass is 10.1. The van der Waals surface area contributed by atoms with Crippen molar-refractivity contribution in [2.45, 2.75) is 31.2 Å². The maximum atomic E-state index is 12.3. The van der Waals surface area contributed by atoms with E-state index in [-0.39, 0.29) is 18.0 Å². The van der Waals surface area contributed by atoms with Gasteiger partial charge in [-0.2, -0.15) is 13.2 Å². The SMILES string of the molecule is CN(CC(=O)Nc1ccc(C(O)C(F)(F)F)cc1)C1CC1. The topological polar surface area (TPSA) is 52.6 Å². The number of nitrogens with zero attached hydrogens (tertiary/aromatic N) is 1. The zero-order valence-corrected chi connectivity index (χ0v) is 11.5. The van der Waals surface area contributed by atoms with E-state index in [1.165, 1.54) is 12.1 Å². The van der Waals surface area contributed by atoms with Gasteiger partial charge in [-0.25, -0.2) is 0 Å². The molecule has 2 rings (SSSR count). The van der Waals surface area contributed by atoms with Crippen LogP contribution in [0.4, 0.5) is 18.9 Å². The number of hydrogen-bond acceptors (Lipinski definition) is 3. The highest BCUT2D eigenvalue weighted by Crippen LogP contribution is 2.32. The average Bonchev–Trinajstić information content (AvgIpc) is 3.21. The van der Waals surface area contributed by atoms with Crippen molar-refractivity contribution in [2.75, 3.05) is 18.9 Å². The van der Waals surface area contributed by atoms with Crippen molar-refractivity contribution in [3.8, 4) is 0 Å². The first-order valence-electron chi connectivity index (χ1n) is 6.62. The number of aliphatic hydroxyl groups is 1. The Kier molecular flexibility index (Phi) is 4.53. The maximum absolute atomic E-state index is 12.3. The van der Waals surface area contributed by atoms with Crippen LogP contribution in [-0.4, -0.2) is 41.7 Å². The normalized spacial score (nSPS) is 16.9. The molecular weight excluding hydrogens is 285 g/mol. The minimum Gasteiger partial charge on any atom is -0.379 e. The van der Waals surface area contributed by atoms with E-state index in [4.69, 9.17) is 5.11 Å². The number of anilines is 1. The Morgan fingerprint density at radius 3 is 2.43 bits per heavy atom. The molecule has 1 aliphatic rings. The molecule has 1 saturated carbocycles. The van der Waals surface area contributed by atoms with Gasteiger partial charge in [0, 0.05) is 11.7 Å². The third-order valence-corrected chi connectivity index (χ3v) is 3.38. The average molecular weight is 302 g/mol. The summed E-state index contributed by atoms with van der Waals surface area (Å²) in [6.07, 6.45) is -5.03. The molecule has 1 fully saturated rings. The molecule has 0 radical (unpaired) electrons. The van der Waals surface area contributed by atoms with E-state index < -0.39 is 12.3 Å². The van der Waals surface area contributed by atoms with Gasteiger partial charge in [-0.3, -0.25) is 9.69 Å². The van der Waals surface area contributed by atoms with Crippen molar-refractivity contribution < 1.29 is 23.1 Å². The fourth-order valence-electron chi connectivity index (χ4n) is 2.01. The van der Waals surface area contributed by atoms with Gasteiger partial charge in [-0.05, 0) is 37.6 Å². The highest BCUT2D eigenvalue weighted by molar-refractivity contribution is 5.92. The molecule has 1 aromatic rings. The van der Waals surface area contributed by atoms with E-state index in [0.29, 0.717) is 11.7 Å². The van der Waals surface area contributed by atoms with Crippen LogP contribution in [0.2, 0.25) is 0 Å². The minimum absolute atomic E-state index is 0.214. The Labute approximate surface area is 120 Å². The molecule has 7 heteroatoms. The summed E-state index contributed by atoms with van der Waals surface area (Å²) < 4.78 is 37.0. The minimum atomic E-state index is -4.70. The van der Waals surface area contributed by atoms with Crippen molar-refractivity contribution in [1.82, 2.24) is 4.90 Å². The molecule has 4 nitrogen and oxygen atoms in total. The molecule has 0 spiro atoms. The summed E-state index contributed by atoms with van der Waals surface area (Å²) in [5, 5.41) is 11.7. The second kappa shape index (κ2) is 6.03. The van der Waals surface area contributed by atoms with E-state index in [1.54, 1.807) is 0 Å². The first-order valence-corrected chi connectivity index (χ1v) is 6.62. The molecule has 1 amide bonds. The molecular formula is C14H17F3N2O2. The predicted molar refractivity (Wildman–Crippen MR) is 71.7 cm³/mol. The number of alkyl halides is 3. The Hall–Kier alpha value is -1.60. The molecule has 21 heavy (non-hydrogen) atoms. The van der Waals surface area contributed by atoms with Crippen molar-refractivity contribution in [3.63, 3.8) is 0 Å². The monoisotopic (exact) mass is 302 g/mol. The molecule has 0 aliphatic heterocycles. The van der Waals surface area contributed by atoms with E-state index in [0.717, 1.165) is 25.0 Å². The van der Waals surface area contributed by atoms with Crippen LogP contribution < -0.4 is 5.32 Å². The maximum Gasteiger partial charge on any atom is 0.418 e.